The molecule has 0 saturated carbocycles. The summed E-state index contributed by atoms with van der Waals surface area (Å²) < 4.78 is 11.2. The predicted octanol–water partition coefficient (Wildman–Crippen LogP) is 5.87. The highest BCUT2D eigenvalue weighted by Gasteiger charge is 2.13. The average molecular weight is 605 g/mol. The zero-order chi connectivity index (χ0) is 30.5. The zero-order valence-electron chi connectivity index (χ0n) is 25.6. The van der Waals surface area contributed by atoms with Gasteiger partial charge in [0.15, 0.2) is 0 Å². The molecule has 1 aliphatic carbocycles. The Morgan fingerprint density at radius 1 is 0.756 bits per heavy atom. The average Bonchev–Trinajstić information content (AvgIpc) is 3.95. The Kier molecular flexibility index (Phi) is 10.5. The second-order valence-corrected chi connectivity index (χ2v) is 11.2. The molecule has 232 valence electrons. The summed E-state index contributed by atoms with van der Waals surface area (Å²) in [6.07, 6.45) is 25.7. The molecule has 0 saturated heterocycles. The van der Waals surface area contributed by atoms with Gasteiger partial charge in [-0.2, -0.15) is 15.3 Å². The summed E-state index contributed by atoms with van der Waals surface area (Å²) in [5, 5.41) is 16.2. The van der Waals surface area contributed by atoms with Crippen molar-refractivity contribution in [1.29, 1.82) is 0 Å². The van der Waals surface area contributed by atoms with Gasteiger partial charge in [0.05, 0.1) is 67.9 Å². The molecule has 0 spiro atoms. The van der Waals surface area contributed by atoms with Crippen molar-refractivity contribution in [3.8, 4) is 0 Å². The molecule has 0 radical (unpaired) electrons. The molecular formula is C34H40N10O. The van der Waals surface area contributed by atoms with Crippen LogP contribution in [0.3, 0.4) is 0 Å². The summed E-state index contributed by atoms with van der Waals surface area (Å²) >= 11 is 0. The number of imidazole rings is 1. The van der Waals surface area contributed by atoms with E-state index in [2.05, 4.69) is 52.3 Å². The Balaban J connectivity index is 0.0000000992. The first kappa shape index (κ1) is 30.1. The van der Waals surface area contributed by atoms with E-state index in [0.717, 1.165) is 49.3 Å². The minimum atomic E-state index is 0.722. The summed E-state index contributed by atoms with van der Waals surface area (Å²) in [4.78, 5) is 12.1. The van der Waals surface area contributed by atoms with E-state index in [4.69, 9.17) is 4.74 Å². The number of hydrogen-bond acceptors (Lipinski definition) is 7. The number of H-pyrrole nitrogens is 1. The number of rotatable bonds is 0. The van der Waals surface area contributed by atoms with Crippen molar-refractivity contribution >= 4 is 22.6 Å². The highest BCUT2D eigenvalue weighted by atomic mass is 16.5. The molecule has 0 unspecified atom stereocenters. The SMILES string of the molecule is C1=NCC2=C1CCCC2.c1cc2n(n1)CCCC2.c1cc2n(n1)CCOC2.c1ccc2[nH]ncc2c1.c1cn2cncc2cn1. The van der Waals surface area contributed by atoms with Crippen molar-refractivity contribution in [3.63, 3.8) is 0 Å². The van der Waals surface area contributed by atoms with Crippen LogP contribution in [-0.2, 0) is 30.9 Å². The maximum atomic E-state index is 5.19. The third-order valence-corrected chi connectivity index (χ3v) is 8.08. The number of benzene rings is 1. The van der Waals surface area contributed by atoms with Crippen LogP contribution in [0.2, 0.25) is 0 Å². The van der Waals surface area contributed by atoms with Crippen LogP contribution >= 0.6 is 0 Å². The van der Waals surface area contributed by atoms with Gasteiger partial charge in [-0.15, -0.1) is 0 Å². The molecule has 1 N–H and O–H groups in total. The lowest BCUT2D eigenvalue weighted by atomic mass is 9.94. The van der Waals surface area contributed by atoms with Crippen LogP contribution in [0.25, 0.3) is 16.4 Å². The summed E-state index contributed by atoms with van der Waals surface area (Å²) in [5.41, 5.74) is 7.86. The molecule has 0 bridgehead atoms. The van der Waals surface area contributed by atoms with E-state index in [1.54, 1.807) is 36.1 Å². The topological polar surface area (TPSA) is 116 Å². The summed E-state index contributed by atoms with van der Waals surface area (Å²) in [5.74, 6) is 0. The van der Waals surface area contributed by atoms with Crippen LogP contribution in [-0.4, -0.2) is 63.5 Å². The summed E-state index contributed by atoms with van der Waals surface area (Å²) in [7, 11) is 0. The number of aromatic amines is 1. The minimum Gasteiger partial charge on any atom is -0.373 e. The smallest absolute Gasteiger partial charge is 0.0992 e. The number of fused-ring (bicyclic) bond motifs is 4. The van der Waals surface area contributed by atoms with E-state index < -0.39 is 0 Å². The molecule has 8 heterocycles. The maximum absolute atomic E-state index is 5.19. The number of hydrogen-bond donors (Lipinski definition) is 1. The molecule has 0 fully saturated rings. The lowest BCUT2D eigenvalue weighted by Crippen LogP contribution is -2.16. The fourth-order valence-corrected chi connectivity index (χ4v) is 5.60. The van der Waals surface area contributed by atoms with Crippen LogP contribution in [0.4, 0.5) is 0 Å². The second-order valence-electron chi connectivity index (χ2n) is 11.2. The van der Waals surface area contributed by atoms with Crippen LogP contribution in [0.15, 0.2) is 102 Å². The lowest BCUT2D eigenvalue weighted by molar-refractivity contribution is 0.0800. The number of allylic oxidation sites excluding steroid dienone is 1. The molecule has 0 atom stereocenters. The number of para-hydroxylation sites is 1. The van der Waals surface area contributed by atoms with Crippen molar-refractivity contribution in [2.45, 2.75) is 64.6 Å². The van der Waals surface area contributed by atoms with Crippen molar-refractivity contribution in [1.82, 2.24) is 44.1 Å². The monoisotopic (exact) mass is 604 g/mol. The van der Waals surface area contributed by atoms with Crippen LogP contribution in [0.1, 0.15) is 49.9 Å². The van der Waals surface area contributed by atoms with Gasteiger partial charge < -0.3 is 9.14 Å². The van der Waals surface area contributed by atoms with Crippen molar-refractivity contribution in [2.24, 2.45) is 4.99 Å². The normalized spacial score (nSPS) is 16.0. The molecule has 11 heteroatoms. The number of aryl methyl sites for hydroxylation is 2. The van der Waals surface area contributed by atoms with Gasteiger partial charge in [0.1, 0.15) is 0 Å². The number of aromatic nitrogens is 9. The van der Waals surface area contributed by atoms with Crippen LogP contribution in [0.5, 0.6) is 0 Å². The van der Waals surface area contributed by atoms with E-state index in [1.807, 2.05) is 64.2 Å². The molecule has 1 aromatic carbocycles. The quantitative estimate of drug-likeness (QED) is 0.232. The van der Waals surface area contributed by atoms with Gasteiger partial charge in [0.2, 0.25) is 0 Å². The van der Waals surface area contributed by atoms with E-state index in [1.165, 1.54) is 56.3 Å². The fourth-order valence-electron chi connectivity index (χ4n) is 5.60. The van der Waals surface area contributed by atoms with Crippen molar-refractivity contribution in [2.75, 3.05) is 13.2 Å². The van der Waals surface area contributed by atoms with Crippen molar-refractivity contribution < 1.29 is 4.74 Å². The van der Waals surface area contributed by atoms with Gasteiger partial charge in [0, 0.05) is 48.6 Å². The highest BCUT2D eigenvalue weighted by molar-refractivity contribution is 5.82. The number of nitrogens with one attached hydrogen (secondary N) is 1. The molecule has 10 rings (SSSR count). The molecule has 4 aliphatic rings. The first-order valence-corrected chi connectivity index (χ1v) is 15.7. The third kappa shape index (κ3) is 8.39. The van der Waals surface area contributed by atoms with E-state index in [9.17, 15) is 0 Å². The Morgan fingerprint density at radius 3 is 2.42 bits per heavy atom. The molecular weight excluding hydrogens is 564 g/mol. The summed E-state index contributed by atoms with van der Waals surface area (Å²) in [6, 6.07) is 12.1. The number of nitrogens with zero attached hydrogens (tertiary/aromatic N) is 9. The number of aliphatic imine (C=N–C) groups is 1. The van der Waals surface area contributed by atoms with E-state index in [0.29, 0.717) is 0 Å². The van der Waals surface area contributed by atoms with Crippen LogP contribution < -0.4 is 0 Å². The Morgan fingerprint density at radius 2 is 1.58 bits per heavy atom. The molecule has 0 amide bonds. The van der Waals surface area contributed by atoms with E-state index >= 15 is 0 Å². The van der Waals surface area contributed by atoms with Crippen LogP contribution in [0, 0.1) is 0 Å². The third-order valence-electron chi connectivity index (χ3n) is 8.08. The second kappa shape index (κ2) is 15.7. The van der Waals surface area contributed by atoms with Gasteiger partial charge in [-0.25, -0.2) is 4.98 Å². The van der Waals surface area contributed by atoms with Gasteiger partial charge in [-0.1, -0.05) is 18.2 Å². The minimum absolute atomic E-state index is 0.722. The first-order chi connectivity index (χ1) is 22.3. The van der Waals surface area contributed by atoms with Gasteiger partial charge >= 0.3 is 0 Å². The fraction of sp³-hybridized carbons (Fsp3) is 0.353. The Labute approximate surface area is 262 Å². The molecule has 45 heavy (non-hydrogen) atoms. The molecule has 6 aromatic rings. The van der Waals surface area contributed by atoms with E-state index in [-0.39, 0.29) is 0 Å². The molecule has 3 aliphatic heterocycles. The maximum Gasteiger partial charge on any atom is 0.0992 e. The highest BCUT2D eigenvalue weighted by Crippen LogP contribution is 2.26. The molecule has 5 aromatic heterocycles. The Bertz CT molecular complexity index is 1610. The van der Waals surface area contributed by atoms with Gasteiger partial charge in [0.25, 0.3) is 0 Å². The largest absolute Gasteiger partial charge is 0.373 e. The first-order valence-electron chi connectivity index (χ1n) is 15.7. The van der Waals surface area contributed by atoms with Crippen molar-refractivity contribution in [3.05, 3.63) is 109 Å². The standard InChI is InChI=1S/C8H11N.C7H10N2.C7H6N2.C6H5N3.C6H8N2O/c1-2-4-8-6-9-5-7(8)3-1;1-2-6-9-7(3-1)4-5-8-9;1-2-4-7-6(3-1)5-8-9-7;1-2-9-5-8-4-6(9)3-7-1;1-2-7-8-3-4-9-5-6(1)8/h5H,1-4,6H2;4-5H,1-3,6H2;1-5H,(H,8,9);1-5H;1-2H,3-5H2. The lowest BCUT2D eigenvalue weighted by Gasteiger charge is -2.12. The summed E-state index contributed by atoms with van der Waals surface area (Å²) in [6.45, 7) is 4.56. The predicted molar refractivity (Wildman–Crippen MR) is 175 cm³/mol. The number of ether oxygens (including phenoxy) is 1. The Hall–Kier alpha value is -4.90. The zero-order valence-corrected chi connectivity index (χ0v) is 25.6. The van der Waals surface area contributed by atoms with Gasteiger partial charge in [-0.3, -0.25) is 24.4 Å². The van der Waals surface area contributed by atoms with Gasteiger partial charge in [-0.05, 0) is 74.3 Å². The molecule has 11 nitrogen and oxygen atoms in total.